The maximum atomic E-state index is 12.7. The summed E-state index contributed by atoms with van der Waals surface area (Å²) in [6, 6.07) is 10.8. The number of amides is 2. The molecule has 1 saturated heterocycles. The molecule has 8 nitrogen and oxygen atoms in total. The molecule has 0 atom stereocenters. The Labute approximate surface area is 186 Å². The normalized spacial score (nSPS) is 14.3. The van der Waals surface area contributed by atoms with E-state index in [1.807, 2.05) is 6.92 Å². The molecular formula is C21H24ClN3O5S. The molecule has 31 heavy (non-hydrogen) atoms. The molecule has 0 spiro atoms. The lowest BCUT2D eigenvalue weighted by Gasteiger charge is -2.16. The topological polar surface area (TPSA) is 105 Å². The number of anilines is 1. The molecule has 10 heteroatoms. The molecule has 0 unspecified atom stereocenters. The van der Waals surface area contributed by atoms with E-state index in [1.54, 1.807) is 24.3 Å². The van der Waals surface area contributed by atoms with Crippen molar-refractivity contribution in [2.45, 2.75) is 24.7 Å². The summed E-state index contributed by atoms with van der Waals surface area (Å²) in [7, 11) is -3.69. The molecule has 0 saturated carbocycles. The zero-order valence-corrected chi connectivity index (χ0v) is 18.6. The zero-order chi connectivity index (χ0) is 22.4. The highest BCUT2D eigenvalue weighted by molar-refractivity contribution is 7.89. The van der Waals surface area contributed by atoms with Crippen molar-refractivity contribution in [3.05, 3.63) is 53.1 Å². The quantitative estimate of drug-likeness (QED) is 0.623. The van der Waals surface area contributed by atoms with E-state index in [2.05, 4.69) is 10.6 Å². The Kier molecular flexibility index (Phi) is 7.53. The van der Waals surface area contributed by atoms with Crippen LogP contribution in [0.1, 0.15) is 30.1 Å². The molecule has 3 rings (SSSR count). The Hall–Kier alpha value is -2.62. The number of benzene rings is 2. The van der Waals surface area contributed by atoms with Crippen molar-refractivity contribution in [1.82, 2.24) is 9.62 Å². The fourth-order valence-corrected chi connectivity index (χ4v) is 4.93. The van der Waals surface area contributed by atoms with E-state index in [4.69, 9.17) is 16.3 Å². The van der Waals surface area contributed by atoms with Gasteiger partial charge in [0.1, 0.15) is 5.75 Å². The second-order valence-electron chi connectivity index (χ2n) is 6.94. The number of nitrogens with one attached hydrogen (secondary N) is 2. The smallest absolute Gasteiger partial charge is 0.253 e. The summed E-state index contributed by atoms with van der Waals surface area (Å²) in [6.45, 7) is 3.03. The van der Waals surface area contributed by atoms with Crippen molar-refractivity contribution in [1.29, 1.82) is 0 Å². The van der Waals surface area contributed by atoms with Crippen molar-refractivity contribution in [2.75, 3.05) is 31.6 Å². The van der Waals surface area contributed by atoms with Crippen LogP contribution in [0.2, 0.25) is 5.02 Å². The number of carbonyl (C=O) groups excluding carboxylic acids is 2. The largest absolute Gasteiger partial charge is 0.494 e. The van der Waals surface area contributed by atoms with Crippen molar-refractivity contribution < 1.29 is 22.7 Å². The van der Waals surface area contributed by atoms with Crippen molar-refractivity contribution in [2.24, 2.45) is 0 Å². The summed E-state index contributed by atoms with van der Waals surface area (Å²) < 4.78 is 32.2. The van der Waals surface area contributed by atoms with E-state index in [9.17, 15) is 18.0 Å². The lowest BCUT2D eigenvalue weighted by molar-refractivity contribution is -0.115. The number of hydrogen-bond donors (Lipinski definition) is 2. The van der Waals surface area contributed by atoms with E-state index in [-0.39, 0.29) is 22.0 Å². The van der Waals surface area contributed by atoms with Gasteiger partial charge < -0.3 is 15.4 Å². The monoisotopic (exact) mass is 465 g/mol. The molecule has 0 radical (unpaired) electrons. The molecular weight excluding hydrogens is 442 g/mol. The van der Waals surface area contributed by atoms with Crippen LogP contribution in [-0.4, -0.2) is 50.8 Å². The first-order valence-corrected chi connectivity index (χ1v) is 11.7. The Morgan fingerprint density at radius 3 is 2.42 bits per heavy atom. The third-order valence-electron chi connectivity index (χ3n) is 4.74. The lowest BCUT2D eigenvalue weighted by atomic mass is 10.2. The van der Waals surface area contributed by atoms with E-state index in [0.717, 1.165) is 12.8 Å². The van der Waals surface area contributed by atoms with Crippen LogP contribution in [0.4, 0.5) is 5.69 Å². The lowest BCUT2D eigenvalue weighted by Crippen LogP contribution is -2.33. The summed E-state index contributed by atoms with van der Waals surface area (Å²) in [6.07, 6.45) is 1.62. The van der Waals surface area contributed by atoms with Gasteiger partial charge in [-0.1, -0.05) is 11.6 Å². The van der Waals surface area contributed by atoms with Crippen molar-refractivity contribution in [3.63, 3.8) is 0 Å². The van der Waals surface area contributed by atoms with Crippen LogP contribution < -0.4 is 15.4 Å². The predicted molar refractivity (Wildman–Crippen MR) is 118 cm³/mol. The van der Waals surface area contributed by atoms with Gasteiger partial charge in [-0.15, -0.1) is 0 Å². The van der Waals surface area contributed by atoms with Crippen molar-refractivity contribution in [3.8, 4) is 5.75 Å². The fourth-order valence-electron chi connectivity index (χ4n) is 3.18. The minimum Gasteiger partial charge on any atom is -0.494 e. The average Bonchev–Trinajstić information content (AvgIpc) is 3.30. The SMILES string of the molecule is CCOc1ccc(NC(=O)CNC(=O)c2cc(S(=O)(=O)N3CCCC3)ccc2Cl)cc1. The van der Waals surface area contributed by atoms with Gasteiger partial charge in [0.15, 0.2) is 0 Å². The molecule has 1 fully saturated rings. The van der Waals surface area contributed by atoms with E-state index >= 15 is 0 Å². The summed E-state index contributed by atoms with van der Waals surface area (Å²) >= 11 is 6.10. The molecule has 2 amide bonds. The van der Waals surface area contributed by atoms with Gasteiger partial charge in [0.2, 0.25) is 15.9 Å². The van der Waals surface area contributed by atoms with E-state index in [1.165, 1.54) is 22.5 Å². The molecule has 1 heterocycles. The molecule has 0 bridgehead atoms. The van der Waals surface area contributed by atoms with Gasteiger partial charge in [-0.25, -0.2) is 8.42 Å². The molecule has 2 N–H and O–H groups in total. The van der Waals surface area contributed by atoms with Crippen LogP contribution in [0, 0.1) is 0 Å². The standard InChI is InChI=1S/C21H24ClN3O5S/c1-2-30-16-7-5-15(6-8-16)24-20(26)14-23-21(27)18-13-17(9-10-19(18)22)31(28,29)25-11-3-4-12-25/h5-10,13H,2-4,11-12,14H2,1H3,(H,23,27)(H,24,26). The van der Waals surface area contributed by atoms with Crippen molar-refractivity contribution >= 4 is 39.1 Å². The summed E-state index contributed by atoms with van der Waals surface area (Å²) in [5.74, 6) is -0.382. The molecule has 1 aliphatic heterocycles. The number of hydrogen-bond acceptors (Lipinski definition) is 5. The first kappa shape index (κ1) is 23.1. The van der Waals surface area contributed by atoms with Crippen LogP contribution in [0.25, 0.3) is 0 Å². The summed E-state index contributed by atoms with van der Waals surface area (Å²) in [5.41, 5.74) is 0.551. The molecule has 2 aromatic carbocycles. The average molecular weight is 466 g/mol. The Bertz CT molecular complexity index is 1050. The number of halogens is 1. The van der Waals surface area contributed by atoms with Gasteiger partial charge in [-0.05, 0) is 62.2 Å². The van der Waals surface area contributed by atoms with Gasteiger partial charge in [0.25, 0.3) is 5.91 Å². The number of sulfonamides is 1. The fraction of sp³-hybridized carbons (Fsp3) is 0.333. The minimum atomic E-state index is -3.69. The predicted octanol–water partition coefficient (Wildman–Crippen LogP) is 2.89. The second kappa shape index (κ2) is 10.1. The second-order valence-corrected chi connectivity index (χ2v) is 9.29. The summed E-state index contributed by atoms with van der Waals surface area (Å²) in [4.78, 5) is 24.7. The number of carbonyl (C=O) groups is 2. The molecule has 0 aromatic heterocycles. The molecule has 2 aromatic rings. The number of rotatable bonds is 8. The van der Waals surface area contributed by atoms with Crippen LogP contribution in [0.5, 0.6) is 5.75 Å². The molecule has 166 valence electrons. The third-order valence-corrected chi connectivity index (χ3v) is 6.97. The van der Waals surface area contributed by atoms with Gasteiger partial charge in [-0.2, -0.15) is 4.31 Å². The van der Waals surface area contributed by atoms with Gasteiger partial charge in [0.05, 0.1) is 28.6 Å². The van der Waals surface area contributed by atoms with Gasteiger partial charge >= 0.3 is 0 Å². The maximum Gasteiger partial charge on any atom is 0.253 e. The van der Waals surface area contributed by atoms with Gasteiger partial charge in [0, 0.05) is 18.8 Å². The van der Waals surface area contributed by atoms with Crippen LogP contribution in [0.15, 0.2) is 47.4 Å². The highest BCUT2D eigenvalue weighted by Crippen LogP contribution is 2.25. The number of ether oxygens (including phenoxy) is 1. The van der Waals surface area contributed by atoms with Crippen LogP contribution in [0.3, 0.4) is 0 Å². The van der Waals surface area contributed by atoms with E-state index < -0.39 is 21.8 Å². The Morgan fingerprint density at radius 1 is 1.10 bits per heavy atom. The third kappa shape index (κ3) is 5.75. The van der Waals surface area contributed by atoms with Gasteiger partial charge in [-0.3, -0.25) is 9.59 Å². The van der Waals surface area contributed by atoms with E-state index in [0.29, 0.717) is 31.1 Å². The summed E-state index contributed by atoms with van der Waals surface area (Å²) in [5, 5.41) is 5.23. The Morgan fingerprint density at radius 2 is 1.77 bits per heavy atom. The minimum absolute atomic E-state index is 0.00258. The first-order valence-electron chi connectivity index (χ1n) is 9.92. The highest BCUT2D eigenvalue weighted by Gasteiger charge is 2.28. The Balaban J connectivity index is 1.62. The highest BCUT2D eigenvalue weighted by atomic mass is 35.5. The molecule has 1 aliphatic rings. The number of nitrogens with zero attached hydrogens (tertiary/aromatic N) is 1. The maximum absolute atomic E-state index is 12.7. The molecule has 0 aliphatic carbocycles. The zero-order valence-electron chi connectivity index (χ0n) is 17.1. The van der Waals surface area contributed by atoms with Crippen LogP contribution in [-0.2, 0) is 14.8 Å². The first-order chi connectivity index (χ1) is 14.8. The van der Waals surface area contributed by atoms with Crippen LogP contribution >= 0.6 is 11.6 Å².